The Morgan fingerprint density at radius 3 is 2.38 bits per heavy atom. The van der Waals surface area contributed by atoms with E-state index in [-0.39, 0.29) is 0 Å². The zero-order chi connectivity index (χ0) is 12.0. The van der Waals surface area contributed by atoms with E-state index >= 15 is 0 Å². The van der Waals surface area contributed by atoms with Gasteiger partial charge in [-0.3, -0.25) is 4.90 Å². The third-order valence-corrected chi connectivity index (χ3v) is 3.86. The Hall–Kier alpha value is -0.0800. The van der Waals surface area contributed by atoms with Crippen LogP contribution < -0.4 is 5.32 Å². The normalized spacial score (nSPS) is 19.9. The summed E-state index contributed by atoms with van der Waals surface area (Å²) in [5, 5.41) is 3.59. The van der Waals surface area contributed by atoms with Crippen LogP contribution in [-0.2, 0) is 0 Å². The molecule has 0 aromatic carbocycles. The van der Waals surface area contributed by atoms with Crippen molar-refractivity contribution in [3.8, 4) is 0 Å². The fourth-order valence-electron chi connectivity index (χ4n) is 2.76. The second kappa shape index (κ2) is 7.29. The molecular formula is C14H30N2. The third kappa shape index (κ3) is 4.42. The van der Waals surface area contributed by atoms with Gasteiger partial charge in [0.15, 0.2) is 0 Å². The molecule has 1 aliphatic carbocycles. The van der Waals surface area contributed by atoms with Crippen LogP contribution in [0.25, 0.3) is 0 Å². The maximum Gasteiger partial charge on any atom is 0.0220 e. The first-order chi connectivity index (χ1) is 7.65. The van der Waals surface area contributed by atoms with Crippen molar-refractivity contribution in [2.75, 3.05) is 13.6 Å². The minimum Gasteiger partial charge on any atom is -0.313 e. The standard InChI is InChI=1S/C14H30N2/c1-5-8-14(11-15-12(2)3)16(4)13-9-6-7-10-13/h12-15H,5-11H2,1-4H3. The summed E-state index contributed by atoms with van der Waals surface area (Å²) in [5.41, 5.74) is 0. The quantitative estimate of drug-likeness (QED) is 0.718. The van der Waals surface area contributed by atoms with Gasteiger partial charge in [0.1, 0.15) is 0 Å². The van der Waals surface area contributed by atoms with Crippen LogP contribution in [0.5, 0.6) is 0 Å². The maximum absolute atomic E-state index is 3.59. The highest BCUT2D eigenvalue weighted by atomic mass is 15.2. The molecular weight excluding hydrogens is 196 g/mol. The van der Waals surface area contributed by atoms with Crippen molar-refractivity contribution in [3.05, 3.63) is 0 Å². The highest BCUT2D eigenvalue weighted by molar-refractivity contribution is 4.82. The van der Waals surface area contributed by atoms with Gasteiger partial charge in [-0.25, -0.2) is 0 Å². The Labute approximate surface area is 102 Å². The minimum atomic E-state index is 0.608. The summed E-state index contributed by atoms with van der Waals surface area (Å²) in [6.45, 7) is 7.92. The molecule has 0 radical (unpaired) electrons. The number of likely N-dealkylation sites (N-methyl/N-ethyl adjacent to an activating group) is 1. The van der Waals surface area contributed by atoms with Crippen LogP contribution in [0.3, 0.4) is 0 Å². The monoisotopic (exact) mass is 226 g/mol. The Bertz CT molecular complexity index is 174. The summed E-state index contributed by atoms with van der Waals surface area (Å²) in [7, 11) is 2.33. The van der Waals surface area contributed by atoms with Crippen molar-refractivity contribution < 1.29 is 0 Å². The molecule has 1 atom stereocenters. The van der Waals surface area contributed by atoms with Gasteiger partial charge in [-0.1, -0.05) is 40.0 Å². The van der Waals surface area contributed by atoms with Gasteiger partial charge in [-0.2, -0.15) is 0 Å². The van der Waals surface area contributed by atoms with Gasteiger partial charge in [-0.05, 0) is 26.3 Å². The van der Waals surface area contributed by atoms with E-state index in [9.17, 15) is 0 Å². The molecule has 0 aromatic rings. The molecule has 2 nitrogen and oxygen atoms in total. The van der Waals surface area contributed by atoms with Gasteiger partial charge < -0.3 is 5.32 Å². The van der Waals surface area contributed by atoms with E-state index < -0.39 is 0 Å². The molecule has 0 amide bonds. The Balaban J connectivity index is 2.40. The highest BCUT2D eigenvalue weighted by Gasteiger charge is 2.24. The summed E-state index contributed by atoms with van der Waals surface area (Å²) < 4.78 is 0. The SMILES string of the molecule is CCCC(CNC(C)C)N(C)C1CCCC1. The van der Waals surface area contributed by atoms with Crippen LogP contribution in [0.2, 0.25) is 0 Å². The van der Waals surface area contributed by atoms with Crippen molar-refractivity contribution in [1.29, 1.82) is 0 Å². The van der Waals surface area contributed by atoms with Crippen LogP contribution in [0.4, 0.5) is 0 Å². The lowest BCUT2D eigenvalue weighted by Crippen LogP contribution is -2.45. The Morgan fingerprint density at radius 2 is 1.88 bits per heavy atom. The van der Waals surface area contributed by atoms with Crippen molar-refractivity contribution >= 4 is 0 Å². The highest BCUT2D eigenvalue weighted by Crippen LogP contribution is 2.24. The van der Waals surface area contributed by atoms with Crippen molar-refractivity contribution in [1.82, 2.24) is 10.2 Å². The van der Waals surface area contributed by atoms with E-state index in [1.807, 2.05) is 0 Å². The van der Waals surface area contributed by atoms with E-state index in [0.717, 1.165) is 18.6 Å². The first-order valence-electron chi connectivity index (χ1n) is 7.10. The largest absolute Gasteiger partial charge is 0.313 e. The first kappa shape index (κ1) is 14.0. The lowest BCUT2D eigenvalue weighted by Gasteiger charge is -2.33. The zero-order valence-electron chi connectivity index (χ0n) is 11.6. The van der Waals surface area contributed by atoms with E-state index in [0.29, 0.717) is 6.04 Å². The summed E-state index contributed by atoms with van der Waals surface area (Å²) in [6.07, 6.45) is 8.32. The third-order valence-electron chi connectivity index (χ3n) is 3.86. The molecule has 1 rings (SSSR count). The average molecular weight is 226 g/mol. The molecule has 0 aliphatic heterocycles. The number of hydrogen-bond donors (Lipinski definition) is 1. The van der Waals surface area contributed by atoms with Crippen LogP contribution in [-0.4, -0.2) is 36.6 Å². The molecule has 96 valence electrons. The maximum atomic E-state index is 3.59. The second-order valence-electron chi connectivity index (χ2n) is 5.61. The van der Waals surface area contributed by atoms with Crippen molar-refractivity contribution in [2.45, 2.75) is 77.4 Å². The molecule has 1 aliphatic rings. The fraction of sp³-hybridized carbons (Fsp3) is 1.00. The Morgan fingerprint density at radius 1 is 1.25 bits per heavy atom. The van der Waals surface area contributed by atoms with Gasteiger partial charge in [0.05, 0.1) is 0 Å². The van der Waals surface area contributed by atoms with Crippen LogP contribution in [0.15, 0.2) is 0 Å². The van der Waals surface area contributed by atoms with Gasteiger partial charge in [0, 0.05) is 24.7 Å². The molecule has 1 N–H and O–H groups in total. The first-order valence-corrected chi connectivity index (χ1v) is 7.10. The zero-order valence-corrected chi connectivity index (χ0v) is 11.6. The average Bonchev–Trinajstić information content (AvgIpc) is 2.76. The molecule has 1 saturated carbocycles. The molecule has 0 aromatic heterocycles. The lowest BCUT2D eigenvalue weighted by atomic mass is 10.1. The number of hydrogen-bond acceptors (Lipinski definition) is 2. The molecule has 0 saturated heterocycles. The van der Waals surface area contributed by atoms with Gasteiger partial charge in [0.25, 0.3) is 0 Å². The Kier molecular flexibility index (Phi) is 6.37. The molecule has 16 heavy (non-hydrogen) atoms. The molecule has 1 fully saturated rings. The molecule has 0 heterocycles. The van der Waals surface area contributed by atoms with Gasteiger partial charge >= 0.3 is 0 Å². The van der Waals surface area contributed by atoms with Gasteiger partial charge in [0.2, 0.25) is 0 Å². The summed E-state index contributed by atoms with van der Waals surface area (Å²) in [6, 6.07) is 2.19. The second-order valence-corrected chi connectivity index (χ2v) is 5.61. The summed E-state index contributed by atoms with van der Waals surface area (Å²) in [5.74, 6) is 0. The topological polar surface area (TPSA) is 15.3 Å². The van der Waals surface area contributed by atoms with Crippen molar-refractivity contribution in [3.63, 3.8) is 0 Å². The van der Waals surface area contributed by atoms with Crippen LogP contribution in [0.1, 0.15) is 59.3 Å². The van der Waals surface area contributed by atoms with Gasteiger partial charge in [-0.15, -0.1) is 0 Å². The number of rotatable bonds is 7. The summed E-state index contributed by atoms with van der Waals surface area (Å²) >= 11 is 0. The molecule has 0 spiro atoms. The van der Waals surface area contributed by atoms with E-state index in [1.54, 1.807) is 0 Å². The fourth-order valence-corrected chi connectivity index (χ4v) is 2.76. The predicted octanol–water partition coefficient (Wildman–Crippen LogP) is 3.03. The predicted molar refractivity (Wildman–Crippen MR) is 71.9 cm³/mol. The smallest absolute Gasteiger partial charge is 0.0220 e. The van der Waals surface area contributed by atoms with E-state index in [1.165, 1.54) is 38.5 Å². The summed E-state index contributed by atoms with van der Waals surface area (Å²) in [4.78, 5) is 2.64. The molecule has 2 heteroatoms. The van der Waals surface area contributed by atoms with E-state index in [4.69, 9.17) is 0 Å². The van der Waals surface area contributed by atoms with E-state index in [2.05, 4.69) is 38.0 Å². The van der Waals surface area contributed by atoms with Crippen LogP contribution >= 0.6 is 0 Å². The number of nitrogens with one attached hydrogen (secondary N) is 1. The van der Waals surface area contributed by atoms with Crippen LogP contribution in [0, 0.1) is 0 Å². The number of nitrogens with zero attached hydrogens (tertiary/aromatic N) is 1. The molecule has 1 unspecified atom stereocenters. The van der Waals surface area contributed by atoms with Crippen molar-refractivity contribution in [2.24, 2.45) is 0 Å². The lowest BCUT2D eigenvalue weighted by molar-refractivity contribution is 0.160. The molecule has 0 bridgehead atoms. The minimum absolute atomic E-state index is 0.608.